The molecule has 3 aliphatic rings. The first-order valence-corrected chi connectivity index (χ1v) is 13.2. The molecule has 4 atom stereocenters. The number of H-pyrrole nitrogens is 1. The van der Waals surface area contributed by atoms with E-state index in [1.54, 1.807) is 24.3 Å². The molecule has 0 aliphatic carbocycles. The average molecular weight is 535 g/mol. The first kappa shape index (κ1) is 24.3. The first-order chi connectivity index (χ1) is 19.3. The van der Waals surface area contributed by atoms with E-state index in [0.717, 1.165) is 22.0 Å². The van der Waals surface area contributed by atoms with Crippen molar-refractivity contribution in [1.29, 1.82) is 0 Å². The number of amides is 3. The van der Waals surface area contributed by atoms with Crippen LogP contribution in [0.1, 0.15) is 23.6 Å². The van der Waals surface area contributed by atoms with Crippen LogP contribution in [0.15, 0.2) is 72.9 Å². The summed E-state index contributed by atoms with van der Waals surface area (Å²) in [5, 5.41) is 7.50. The fraction of sp³-hybridized carbons (Fsp3) is 0.226. The number of aromatic amines is 1. The number of aryl methyl sites for hydroxylation is 1. The van der Waals surface area contributed by atoms with E-state index in [4.69, 9.17) is 4.74 Å². The van der Waals surface area contributed by atoms with Crippen LogP contribution in [0.2, 0.25) is 0 Å². The Morgan fingerprint density at radius 2 is 1.77 bits per heavy atom. The van der Waals surface area contributed by atoms with E-state index in [0.29, 0.717) is 29.1 Å². The van der Waals surface area contributed by atoms with Gasteiger partial charge in [-0.25, -0.2) is 4.90 Å². The van der Waals surface area contributed by atoms with Crippen molar-refractivity contribution in [3.05, 3.63) is 89.6 Å². The maximum absolute atomic E-state index is 14.2. The second kappa shape index (κ2) is 8.62. The number of nitrogens with one attached hydrogen (secondary N) is 3. The maximum Gasteiger partial charge on any atom is 0.308 e. The quantitative estimate of drug-likeness (QED) is 0.209. The van der Waals surface area contributed by atoms with Gasteiger partial charge in [0.2, 0.25) is 17.7 Å². The van der Waals surface area contributed by atoms with Gasteiger partial charge in [0, 0.05) is 41.3 Å². The van der Waals surface area contributed by atoms with Crippen molar-refractivity contribution in [2.24, 2.45) is 11.8 Å². The largest absolute Gasteiger partial charge is 0.427 e. The van der Waals surface area contributed by atoms with E-state index in [1.165, 1.54) is 11.8 Å². The molecule has 2 saturated heterocycles. The van der Waals surface area contributed by atoms with Crippen molar-refractivity contribution < 1.29 is 23.9 Å². The number of imide groups is 1. The number of hydrogen-bond acceptors (Lipinski definition) is 6. The van der Waals surface area contributed by atoms with Gasteiger partial charge in [-0.15, -0.1) is 0 Å². The van der Waals surface area contributed by atoms with Crippen LogP contribution in [0, 0.1) is 18.8 Å². The molecule has 3 N–H and O–H groups in total. The lowest BCUT2D eigenvalue weighted by Gasteiger charge is -2.29. The molecule has 1 aromatic heterocycles. The molecule has 9 heteroatoms. The molecule has 0 bridgehead atoms. The van der Waals surface area contributed by atoms with Crippen molar-refractivity contribution in [2.75, 3.05) is 10.2 Å². The SMILES string of the molecule is CC(=O)Oc1ccc(N2C(=O)[C@@H]3[C@H](Cc4c[nH]c5ccccc45)N[C@]4(C(=O)Nc5ccc(C)cc54)[C@@H]3C2=O)cc1. The molecule has 3 amide bonds. The van der Waals surface area contributed by atoms with E-state index in [1.807, 2.05) is 55.6 Å². The molecule has 40 heavy (non-hydrogen) atoms. The molecule has 4 aromatic rings. The standard InChI is InChI=1S/C31H26N4O5/c1-16-7-12-24-22(13-16)31(30(39)33-24)27-26(25(34-31)14-18-15-32-23-6-4-3-5-21(18)23)28(37)35(29(27)38)19-8-10-20(11-9-19)40-17(2)36/h3-13,15,25-27,32,34H,14H2,1-2H3,(H,33,39)/t25-,26+,27-,31-/m0/s1. The van der Waals surface area contributed by atoms with Gasteiger partial charge in [0.25, 0.3) is 0 Å². The molecule has 7 rings (SSSR count). The Labute approximate surface area is 229 Å². The van der Waals surface area contributed by atoms with Gasteiger partial charge in [0.1, 0.15) is 11.3 Å². The van der Waals surface area contributed by atoms with Crippen molar-refractivity contribution in [3.8, 4) is 5.75 Å². The number of esters is 1. The second-order valence-electron chi connectivity index (χ2n) is 10.7. The lowest BCUT2D eigenvalue weighted by molar-refractivity contribution is -0.132. The molecule has 3 aromatic carbocycles. The molecular weight excluding hydrogens is 508 g/mol. The minimum absolute atomic E-state index is 0.311. The number of hydrogen-bond donors (Lipinski definition) is 3. The van der Waals surface area contributed by atoms with Crippen LogP contribution in [0.3, 0.4) is 0 Å². The highest BCUT2D eigenvalue weighted by atomic mass is 16.5. The third kappa shape index (κ3) is 3.37. The van der Waals surface area contributed by atoms with Gasteiger partial charge >= 0.3 is 5.97 Å². The van der Waals surface area contributed by atoms with Crippen molar-refractivity contribution in [2.45, 2.75) is 31.8 Å². The highest BCUT2D eigenvalue weighted by Gasteiger charge is 2.70. The number of para-hydroxylation sites is 1. The summed E-state index contributed by atoms with van der Waals surface area (Å²) in [5.41, 5.74) is 3.22. The topological polar surface area (TPSA) is 121 Å². The van der Waals surface area contributed by atoms with Gasteiger partial charge < -0.3 is 15.0 Å². The summed E-state index contributed by atoms with van der Waals surface area (Å²) >= 11 is 0. The van der Waals surface area contributed by atoms with Crippen LogP contribution in [0.5, 0.6) is 5.75 Å². The number of anilines is 2. The van der Waals surface area contributed by atoms with Crippen LogP contribution in [-0.2, 0) is 31.1 Å². The van der Waals surface area contributed by atoms with Crippen LogP contribution in [0.25, 0.3) is 10.9 Å². The Bertz CT molecular complexity index is 1740. The Hall–Kier alpha value is -4.76. The third-order valence-corrected chi connectivity index (χ3v) is 8.34. The number of aromatic nitrogens is 1. The van der Waals surface area contributed by atoms with Crippen LogP contribution in [0.4, 0.5) is 11.4 Å². The number of carbonyl (C=O) groups is 4. The summed E-state index contributed by atoms with van der Waals surface area (Å²) in [6, 6.07) is 19.3. The highest BCUT2D eigenvalue weighted by molar-refractivity contribution is 6.25. The van der Waals surface area contributed by atoms with Crippen LogP contribution < -0.4 is 20.3 Å². The van der Waals surface area contributed by atoms with E-state index in [-0.39, 0.29) is 11.8 Å². The predicted molar refractivity (Wildman–Crippen MR) is 148 cm³/mol. The van der Waals surface area contributed by atoms with E-state index in [2.05, 4.69) is 15.6 Å². The Kier molecular flexibility index (Phi) is 5.24. The number of fused-ring (bicyclic) bond motifs is 5. The summed E-state index contributed by atoms with van der Waals surface area (Å²) < 4.78 is 5.12. The maximum atomic E-state index is 14.2. The third-order valence-electron chi connectivity index (χ3n) is 8.34. The van der Waals surface area contributed by atoms with Gasteiger partial charge in [-0.2, -0.15) is 0 Å². The first-order valence-electron chi connectivity index (χ1n) is 13.2. The highest BCUT2D eigenvalue weighted by Crippen LogP contribution is 2.54. The molecule has 0 unspecified atom stereocenters. The molecular formula is C31H26N4O5. The summed E-state index contributed by atoms with van der Waals surface area (Å²) in [6.07, 6.45) is 2.37. The summed E-state index contributed by atoms with van der Waals surface area (Å²) in [5.74, 6) is -3.00. The van der Waals surface area contributed by atoms with Crippen molar-refractivity contribution >= 4 is 46.0 Å². The number of rotatable bonds is 4. The minimum Gasteiger partial charge on any atom is -0.427 e. The van der Waals surface area contributed by atoms with Gasteiger partial charge in [-0.05, 0) is 55.3 Å². The number of benzene rings is 3. The summed E-state index contributed by atoms with van der Waals surface area (Å²) in [4.78, 5) is 58.0. The molecule has 0 radical (unpaired) electrons. The molecule has 2 fully saturated rings. The summed E-state index contributed by atoms with van der Waals surface area (Å²) in [7, 11) is 0. The Morgan fingerprint density at radius 1 is 1.00 bits per heavy atom. The fourth-order valence-electron chi connectivity index (χ4n) is 6.71. The second-order valence-corrected chi connectivity index (χ2v) is 10.7. The number of carbonyl (C=O) groups excluding carboxylic acids is 4. The molecule has 9 nitrogen and oxygen atoms in total. The van der Waals surface area contributed by atoms with Crippen molar-refractivity contribution in [3.63, 3.8) is 0 Å². The van der Waals surface area contributed by atoms with Crippen molar-refractivity contribution in [1.82, 2.24) is 10.3 Å². The van der Waals surface area contributed by atoms with Crippen LogP contribution >= 0.6 is 0 Å². The number of nitrogens with zero attached hydrogens (tertiary/aromatic N) is 1. The number of ether oxygens (including phenoxy) is 1. The Morgan fingerprint density at radius 3 is 2.55 bits per heavy atom. The lowest BCUT2D eigenvalue weighted by Crippen LogP contribution is -2.53. The zero-order valence-corrected chi connectivity index (χ0v) is 21.9. The molecule has 1 spiro atoms. The fourth-order valence-corrected chi connectivity index (χ4v) is 6.71. The molecule has 4 heterocycles. The zero-order chi connectivity index (χ0) is 27.8. The zero-order valence-electron chi connectivity index (χ0n) is 21.9. The van der Waals surface area contributed by atoms with Gasteiger partial charge in [-0.1, -0.05) is 35.9 Å². The summed E-state index contributed by atoms with van der Waals surface area (Å²) in [6.45, 7) is 3.24. The van der Waals surface area contributed by atoms with Gasteiger partial charge in [0.15, 0.2) is 0 Å². The molecule has 0 saturated carbocycles. The van der Waals surface area contributed by atoms with Crippen LogP contribution in [-0.4, -0.2) is 34.7 Å². The lowest BCUT2D eigenvalue weighted by atomic mass is 9.76. The average Bonchev–Trinajstić information content (AvgIpc) is 3.64. The van der Waals surface area contributed by atoms with E-state index >= 15 is 0 Å². The Balaban J connectivity index is 1.34. The molecule has 200 valence electrons. The minimum atomic E-state index is -1.39. The monoisotopic (exact) mass is 534 g/mol. The van der Waals surface area contributed by atoms with E-state index in [9.17, 15) is 19.2 Å². The molecule has 3 aliphatic heterocycles. The van der Waals surface area contributed by atoms with Gasteiger partial charge in [0.05, 0.1) is 17.5 Å². The predicted octanol–water partition coefficient (Wildman–Crippen LogP) is 3.57. The van der Waals surface area contributed by atoms with Gasteiger partial charge in [-0.3, -0.25) is 24.5 Å². The van der Waals surface area contributed by atoms with E-state index < -0.39 is 35.3 Å². The smallest absolute Gasteiger partial charge is 0.308 e. The normalized spacial score (nSPS) is 25.0.